The summed E-state index contributed by atoms with van der Waals surface area (Å²) in [5.74, 6) is -15.8. The Labute approximate surface area is 552 Å². The fourth-order valence-electron chi connectivity index (χ4n) is 9.28. The van der Waals surface area contributed by atoms with Crippen molar-refractivity contribution < 1.29 is 127 Å². The van der Waals surface area contributed by atoms with Gasteiger partial charge in [0.05, 0.1) is 24.3 Å². The Hall–Kier alpha value is -10.8. The number of aliphatic carboxylic acids is 9. The van der Waals surface area contributed by atoms with Crippen molar-refractivity contribution in [2.75, 3.05) is 26.3 Å². The molecule has 7 atom stereocenters. The van der Waals surface area contributed by atoms with Gasteiger partial charge >= 0.3 is 71.8 Å². The number of urea groups is 3. The second-order valence-corrected chi connectivity index (χ2v) is 22.3. The van der Waals surface area contributed by atoms with Gasteiger partial charge in [-0.15, -0.1) is 5.10 Å². The second kappa shape index (κ2) is 44.0. The number of carboxylic acids is 9. The van der Waals surface area contributed by atoms with Gasteiger partial charge in [-0.3, -0.25) is 38.0 Å². The summed E-state index contributed by atoms with van der Waals surface area (Å²) in [6.07, 6.45) is -3.18. The number of hydrogen-bond donors (Lipinski definition) is 19. The summed E-state index contributed by atoms with van der Waals surface area (Å²) in [7, 11) is 0. The maximum atomic E-state index is 14.4. The molecule has 0 aliphatic carbocycles. The lowest BCUT2D eigenvalue weighted by Crippen LogP contribution is -2.51. The molecule has 19 N–H and O–H groups in total. The molecule has 0 saturated heterocycles. The predicted molar refractivity (Wildman–Crippen MR) is 328 cm³/mol. The van der Waals surface area contributed by atoms with Crippen LogP contribution >= 0.6 is 0 Å². The number of benzene rings is 1. The molecule has 3 unspecified atom stereocenters. The Morgan fingerprint density at radius 3 is 1.01 bits per heavy atom. The average Bonchev–Trinajstić information content (AvgIpc) is 1.83. The van der Waals surface area contributed by atoms with Crippen LogP contribution in [0.4, 0.5) is 18.8 Å². The van der Waals surface area contributed by atoms with E-state index in [2.05, 4.69) is 47.5 Å². The van der Waals surface area contributed by atoms with E-state index in [1.54, 1.807) is 6.20 Å². The molecule has 1 aromatic heterocycles. The van der Waals surface area contributed by atoms with E-state index < -0.39 is 182 Å². The highest BCUT2D eigenvalue weighted by molar-refractivity contribution is 5.95. The molecule has 10 amide bonds. The van der Waals surface area contributed by atoms with Gasteiger partial charge in [0.1, 0.15) is 36.3 Å². The van der Waals surface area contributed by atoms with Crippen molar-refractivity contribution in [3.63, 3.8) is 0 Å². The predicted octanol–water partition coefficient (Wildman–Crippen LogP) is 0.0493. The molecule has 0 spiro atoms. The van der Waals surface area contributed by atoms with Gasteiger partial charge < -0.3 is 99.1 Å². The van der Waals surface area contributed by atoms with Gasteiger partial charge in [-0.2, -0.15) is 0 Å². The van der Waals surface area contributed by atoms with Crippen molar-refractivity contribution in [2.24, 2.45) is 0 Å². The number of unbranched alkanes of at least 4 members (excludes halogenated alkanes) is 3. The van der Waals surface area contributed by atoms with Crippen LogP contribution in [0.25, 0.3) is 5.69 Å². The standard InChI is InChI=1S/C58H84FN13O25/c59-28-7-8-34-32-72(71-70-34)35-14-12-33(13-15-35)48(82)69-58(25-22-42(73)60-29-4-1-9-36(49(83)84)63-55(95)66-39(52(89)90)16-19-45(76)77,26-23-43(74)61-30-5-2-10-37(50(85)86)64-56(96)67-40(53(91)92)17-20-46(78)79)27-24-44(75)62-31-6-3-11-38(51(87)88)65-57(97)68-41(54(93)94)18-21-47(80)81/h12-15,32,36-41H,1-11,16-31H2,(H,60,73)(H,61,74)(H,62,75)(H,69,82)(H,76,77)(H,78,79)(H,80,81)(H,83,84)(H,85,86)(H,87,88)(H,89,90)(H,91,92)(H,93,94)(H2,63,66,95)(H2,64,67,96)(H2,65,68,97)/t36-,37-,38?,39-,40?,41-,58?/m0/s1. The minimum absolute atomic E-state index is 0.0498. The summed E-state index contributed by atoms with van der Waals surface area (Å²) in [5, 5.41) is 116. The fourth-order valence-corrected chi connectivity index (χ4v) is 9.28. The number of amides is 10. The van der Waals surface area contributed by atoms with E-state index in [-0.39, 0.29) is 128 Å². The molecule has 2 aromatic rings. The van der Waals surface area contributed by atoms with Crippen LogP contribution in [0.3, 0.4) is 0 Å². The first-order valence-electron chi connectivity index (χ1n) is 30.8. The lowest BCUT2D eigenvalue weighted by molar-refractivity contribution is -0.142. The van der Waals surface area contributed by atoms with Crippen LogP contribution in [-0.4, -0.2) is 224 Å². The Morgan fingerprint density at radius 1 is 0.412 bits per heavy atom. The number of carboxylic acid groups (broad SMARTS) is 9. The van der Waals surface area contributed by atoms with E-state index in [1.165, 1.54) is 28.9 Å². The van der Waals surface area contributed by atoms with Gasteiger partial charge in [-0.05, 0) is 133 Å². The Morgan fingerprint density at radius 2 is 0.722 bits per heavy atom. The Bertz CT molecular complexity index is 2810. The molecule has 0 fully saturated rings. The van der Waals surface area contributed by atoms with E-state index in [1.807, 2.05) is 16.0 Å². The van der Waals surface area contributed by atoms with Gasteiger partial charge in [0, 0.05) is 69.3 Å². The highest BCUT2D eigenvalue weighted by Gasteiger charge is 2.35. The molecule has 1 aromatic carbocycles. The SMILES string of the molecule is O=C(O)CCC(NC(=O)N[C@@H](CCCCNC(=O)CCC(CCC(=O)NCCCCC(NC(=O)N[C@@H](CCC(=O)O)C(=O)O)C(=O)O)(CCC(=O)NCCCC[C@H](NC(=O)N[C@@H](CCC(=O)O)C(=O)O)C(=O)O)NC(=O)c1ccc(-n2cc(CCCF)nn2)cc1)C(=O)O)C(=O)O. The molecule has 97 heavy (non-hydrogen) atoms. The minimum atomic E-state index is -1.65. The maximum absolute atomic E-state index is 14.4. The summed E-state index contributed by atoms with van der Waals surface area (Å²) in [4.78, 5) is 196. The zero-order chi connectivity index (χ0) is 72.6. The number of alkyl halides is 1. The molecule has 538 valence electrons. The first-order chi connectivity index (χ1) is 45.8. The van der Waals surface area contributed by atoms with Gasteiger partial charge in [0.15, 0.2) is 0 Å². The fraction of sp³-hybridized carbons (Fsp3) is 0.586. The zero-order valence-electron chi connectivity index (χ0n) is 52.7. The third kappa shape index (κ3) is 34.8. The van der Waals surface area contributed by atoms with Gasteiger partial charge in [0.25, 0.3) is 5.91 Å². The quantitative estimate of drug-likeness (QED) is 0.0389. The van der Waals surface area contributed by atoms with Crippen LogP contribution in [0, 0.1) is 0 Å². The number of aryl methyl sites for hydroxylation is 1. The average molecular weight is 1380 g/mol. The number of nitrogens with one attached hydrogen (secondary N) is 10. The normalized spacial score (nSPS) is 13.3. The summed E-state index contributed by atoms with van der Waals surface area (Å²) in [6, 6.07) is -7.29. The monoisotopic (exact) mass is 1380 g/mol. The van der Waals surface area contributed by atoms with Gasteiger partial charge in [-0.25, -0.2) is 47.8 Å². The molecule has 39 heteroatoms. The number of nitrogens with zero attached hydrogens (tertiary/aromatic N) is 3. The molecular weight excluding hydrogens is 1300 g/mol. The van der Waals surface area contributed by atoms with E-state index in [9.17, 15) is 112 Å². The summed E-state index contributed by atoms with van der Waals surface area (Å²) in [5.41, 5.74) is -0.594. The Kier molecular flexibility index (Phi) is 37.3. The van der Waals surface area contributed by atoms with E-state index >= 15 is 0 Å². The first kappa shape index (κ1) is 82.3. The van der Waals surface area contributed by atoms with Crippen molar-refractivity contribution in [1.29, 1.82) is 0 Å². The lowest BCUT2D eigenvalue weighted by atomic mass is 9.82. The summed E-state index contributed by atoms with van der Waals surface area (Å²) in [6.45, 7) is -0.789. The van der Waals surface area contributed by atoms with Crippen molar-refractivity contribution >= 4 is 95.4 Å². The largest absolute Gasteiger partial charge is 0.481 e. The minimum Gasteiger partial charge on any atom is -0.481 e. The van der Waals surface area contributed by atoms with Gasteiger partial charge in [0.2, 0.25) is 17.7 Å². The molecule has 0 aliphatic rings. The number of carbonyl (C=O) groups is 16. The van der Waals surface area contributed by atoms with Crippen LogP contribution in [0.2, 0.25) is 0 Å². The third-order valence-corrected chi connectivity index (χ3v) is 14.7. The number of carbonyl (C=O) groups excluding carboxylic acids is 7. The smallest absolute Gasteiger partial charge is 0.326 e. The number of rotatable bonds is 51. The lowest BCUT2D eigenvalue weighted by Gasteiger charge is -2.35. The molecule has 0 bridgehead atoms. The topological polar surface area (TPSA) is 606 Å². The molecular formula is C58H84FN13O25. The Balaban J connectivity index is 2.39. The third-order valence-electron chi connectivity index (χ3n) is 14.7. The molecule has 0 radical (unpaired) electrons. The van der Waals surface area contributed by atoms with E-state index in [0.717, 1.165) is 0 Å². The summed E-state index contributed by atoms with van der Waals surface area (Å²) >= 11 is 0. The highest BCUT2D eigenvalue weighted by atomic mass is 19.1. The molecule has 0 aliphatic heterocycles. The molecule has 38 nitrogen and oxygen atoms in total. The van der Waals surface area contributed by atoms with Crippen LogP contribution in [-0.2, 0) is 64.0 Å². The first-order valence-corrected chi connectivity index (χ1v) is 30.8. The van der Waals surface area contributed by atoms with Crippen LogP contribution in [0.1, 0.15) is 157 Å². The van der Waals surface area contributed by atoms with Gasteiger partial charge in [-0.1, -0.05) is 5.21 Å². The van der Waals surface area contributed by atoms with Crippen molar-refractivity contribution in [2.45, 2.75) is 189 Å². The maximum Gasteiger partial charge on any atom is 0.326 e. The molecule has 2 rings (SSSR count). The van der Waals surface area contributed by atoms with Crippen molar-refractivity contribution in [3.05, 3.63) is 41.7 Å². The van der Waals surface area contributed by atoms with E-state index in [0.29, 0.717) is 17.8 Å². The second-order valence-electron chi connectivity index (χ2n) is 22.3. The summed E-state index contributed by atoms with van der Waals surface area (Å²) < 4.78 is 14.3. The highest BCUT2D eigenvalue weighted by Crippen LogP contribution is 2.27. The molecule has 1 heterocycles. The number of aromatic nitrogens is 3. The number of hydrogen-bond acceptors (Lipinski definition) is 18. The van der Waals surface area contributed by atoms with Crippen LogP contribution in [0.5, 0.6) is 0 Å². The van der Waals surface area contributed by atoms with E-state index in [4.69, 9.17) is 15.3 Å². The van der Waals surface area contributed by atoms with Crippen LogP contribution in [0.15, 0.2) is 30.5 Å². The number of halogens is 1. The van der Waals surface area contributed by atoms with Crippen molar-refractivity contribution in [3.8, 4) is 5.69 Å². The zero-order valence-corrected chi connectivity index (χ0v) is 52.7. The molecule has 0 saturated carbocycles. The van der Waals surface area contributed by atoms with Crippen LogP contribution < -0.4 is 53.2 Å². The van der Waals surface area contributed by atoms with Crippen molar-refractivity contribution in [1.82, 2.24) is 68.2 Å².